The first-order valence-corrected chi connectivity index (χ1v) is 11.9. The highest BCUT2D eigenvalue weighted by Crippen LogP contribution is 2.57. The van der Waals surface area contributed by atoms with E-state index in [-0.39, 0.29) is 39.5 Å². The van der Waals surface area contributed by atoms with Crippen molar-refractivity contribution in [1.82, 2.24) is 20.6 Å². The number of H-pyrrole nitrogens is 1. The van der Waals surface area contributed by atoms with Gasteiger partial charge in [-0.1, -0.05) is 17.3 Å². The first kappa shape index (κ1) is 24.9. The van der Waals surface area contributed by atoms with Gasteiger partial charge in [0.1, 0.15) is 34.0 Å². The molecule has 38 heavy (non-hydrogen) atoms. The van der Waals surface area contributed by atoms with E-state index in [1.165, 1.54) is 26.8 Å². The third-order valence-electron chi connectivity index (χ3n) is 7.07. The lowest BCUT2D eigenvalue weighted by atomic mass is 9.70. The van der Waals surface area contributed by atoms with Crippen LogP contribution in [0.5, 0.6) is 17.2 Å². The summed E-state index contributed by atoms with van der Waals surface area (Å²) in [5.41, 5.74) is 0.340. The smallest absolute Gasteiger partial charge is 0.194 e. The zero-order valence-electron chi connectivity index (χ0n) is 21.2. The van der Waals surface area contributed by atoms with Crippen LogP contribution in [0, 0.1) is 6.92 Å². The number of phenolic OH excluding ortho intramolecular Hbond substituents is 2. The zero-order valence-corrected chi connectivity index (χ0v) is 21.2. The molecule has 4 N–H and O–H groups in total. The number of hydrogen-bond donors (Lipinski definition) is 4. The average molecular weight is 516 g/mol. The second-order valence-corrected chi connectivity index (χ2v) is 9.54. The number of Topliss-reactive ketones (excluding diaryl/α,β-unsaturated/α-hetero) is 2. The maximum atomic E-state index is 13.9. The van der Waals surface area contributed by atoms with Crippen LogP contribution in [0.3, 0.4) is 0 Å². The maximum Gasteiger partial charge on any atom is 0.194 e. The van der Waals surface area contributed by atoms with Crippen LogP contribution in [-0.4, -0.2) is 48.2 Å². The molecule has 1 aliphatic heterocycles. The van der Waals surface area contributed by atoms with Gasteiger partial charge < -0.3 is 20.3 Å². The highest BCUT2D eigenvalue weighted by Gasteiger charge is 2.56. The number of anilines is 1. The van der Waals surface area contributed by atoms with Crippen molar-refractivity contribution >= 4 is 23.0 Å². The summed E-state index contributed by atoms with van der Waals surface area (Å²) in [6.45, 7) is 5.84. The lowest BCUT2D eigenvalue weighted by Gasteiger charge is -2.29. The molecule has 3 aromatic rings. The van der Waals surface area contributed by atoms with Gasteiger partial charge in [-0.25, -0.2) is 0 Å². The van der Waals surface area contributed by atoms with Gasteiger partial charge in [0.05, 0.1) is 11.1 Å². The largest absolute Gasteiger partial charge is 0.507 e. The van der Waals surface area contributed by atoms with Crippen molar-refractivity contribution in [3.63, 3.8) is 0 Å². The Labute approximate surface area is 217 Å². The number of nitrogens with one attached hydrogen (secondary N) is 2. The number of aromatic amines is 1. The molecule has 11 heteroatoms. The van der Waals surface area contributed by atoms with Crippen molar-refractivity contribution < 1.29 is 29.3 Å². The molecule has 0 bridgehead atoms. The summed E-state index contributed by atoms with van der Waals surface area (Å²) in [5, 5.41) is 38.4. The Bertz CT molecular complexity index is 1570. The Morgan fingerprint density at radius 1 is 1.11 bits per heavy atom. The molecule has 0 saturated carbocycles. The third kappa shape index (κ3) is 3.74. The van der Waals surface area contributed by atoms with Crippen molar-refractivity contribution in [1.29, 1.82) is 0 Å². The van der Waals surface area contributed by atoms with E-state index in [1.807, 2.05) is 24.3 Å². The Balaban J connectivity index is 1.48. The van der Waals surface area contributed by atoms with Gasteiger partial charge in [0.15, 0.2) is 23.2 Å². The summed E-state index contributed by atoms with van der Waals surface area (Å²) in [4.78, 5) is 39.3. The molecule has 0 spiro atoms. The SMILES string of the molecule is CC(=O)c1c(O)c(C)c(O)c2c1OC1=CC(=O)C(=C(C)Nc3ccc(CCc4nn[nH]n4)cc3)C(=O)C12C. The normalized spacial score (nSPS) is 19.4. The third-order valence-corrected chi connectivity index (χ3v) is 7.07. The minimum atomic E-state index is -1.56. The fourth-order valence-electron chi connectivity index (χ4n) is 4.94. The van der Waals surface area contributed by atoms with Gasteiger partial charge in [-0.2, -0.15) is 5.21 Å². The number of nitrogens with zero attached hydrogens (tertiary/aromatic N) is 3. The number of aromatic hydroxyl groups is 2. The predicted octanol–water partition coefficient (Wildman–Crippen LogP) is 2.98. The monoisotopic (exact) mass is 515 g/mol. The minimum absolute atomic E-state index is 0.00666. The van der Waals surface area contributed by atoms with Gasteiger partial charge >= 0.3 is 0 Å². The number of aromatic nitrogens is 4. The molecule has 1 aliphatic carbocycles. The van der Waals surface area contributed by atoms with Crippen molar-refractivity contribution in [2.24, 2.45) is 0 Å². The summed E-state index contributed by atoms with van der Waals surface area (Å²) in [6, 6.07) is 7.51. The van der Waals surface area contributed by atoms with E-state index in [0.717, 1.165) is 5.56 Å². The lowest BCUT2D eigenvalue weighted by molar-refractivity contribution is -0.123. The highest BCUT2D eigenvalue weighted by molar-refractivity contribution is 6.31. The molecule has 0 radical (unpaired) electrons. The number of tetrazole rings is 1. The predicted molar refractivity (Wildman–Crippen MR) is 135 cm³/mol. The van der Waals surface area contributed by atoms with Gasteiger partial charge in [-0.05, 0) is 51.8 Å². The molecule has 2 heterocycles. The minimum Gasteiger partial charge on any atom is -0.507 e. The molecule has 0 saturated heterocycles. The Kier molecular flexibility index (Phi) is 5.85. The number of rotatable bonds is 6. The lowest BCUT2D eigenvalue weighted by Crippen LogP contribution is -2.40. The standard InChI is InChI=1S/C27H25N5O6/c1-12-23(35)21(14(3)33)25-22(24(12)36)27(4)18(38-25)11-17(34)20(26(27)37)13(2)28-16-8-5-15(6-9-16)7-10-19-29-31-32-30-19/h5-6,8-9,11,28,35-36H,7,10H2,1-4H3,(H,29,30,31,32). The van der Waals surface area contributed by atoms with Gasteiger partial charge in [0.25, 0.3) is 0 Å². The van der Waals surface area contributed by atoms with E-state index in [1.54, 1.807) is 6.92 Å². The van der Waals surface area contributed by atoms with Crippen LogP contribution in [0.1, 0.15) is 53.6 Å². The number of aryl methyl sites for hydroxylation is 2. The number of carbonyl (C=O) groups excluding carboxylic acids is 3. The summed E-state index contributed by atoms with van der Waals surface area (Å²) in [7, 11) is 0. The molecule has 1 atom stereocenters. The van der Waals surface area contributed by atoms with Crippen LogP contribution in [0.25, 0.3) is 0 Å². The number of hydrogen-bond acceptors (Lipinski definition) is 10. The van der Waals surface area contributed by atoms with Crippen LogP contribution in [-0.2, 0) is 27.8 Å². The number of allylic oxidation sites excluding steroid dienone is 4. The first-order chi connectivity index (χ1) is 18.0. The van der Waals surface area contributed by atoms with Gasteiger partial charge in [-0.15, -0.1) is 10.2 Å². The Morgan fingerprint density at radius 3 is 2.45 bits per heavy atom. The van der Waals surface area contributed by atoms with E-state index in [4.69, 9.17) is 4.74 Å². The van der Waals surface area contributed by atoms with Crippen LogP contribution < -0.4 is 10.1 Å². The molecule has 5 rings (SSSR count). The molecule has 11 nitrogen and oxygen atoms in total. The number of ketones is 3. The second-order valence-electron chi connectivity index (χ2n) is 9.54. The summed E-state index contributed by atoms with van der Waals surface area (Å²) >= 11 is 0. The maximum absolute atomic E-state index is 13.9. The van der Waals surface area contributed by atoms with Gasteiger partial charge in [-0.3, -0.25) is 14.4 Å². The van der Waals surface area contributed by atoms with Gasteiger partial charge in [0, 0.05) is 29.4 Å². The molecule has 2 aliphatic rings. The molecule has 0 fully saturated rings. The fraction of sp³-hybridized carbons (Fsp3) is 0.259. The highest BCUT2D eigenvalue weighted by atomic mass is 16.5. The Hall–Kier alpha value is -4.80. The molecule has 1 unspecified atom stereocenters. The number of benzene rings is 2. The topological polar surface area (TPSA) is 167 Å². The van der Waals surface area contributed by atoms with Crippen LogP contribution >= 0.6 is 0 Å². The number of carbonyl (C=O) groups is 3. The van der Waals surface area contributed by atoms with E-state index in [0.29, 0.717) is 30.1 Å². The fourth-order valence-corrected chi connectivity index (χ4v) is 4.94. The molecule has 194 valence electrons. The van der Waals surface area contributed by atoms with Crippen LogP contribution in [0.4, 0.5) is 5.69 Å². The van der Waals surface area contributed by atoms with E-state index in [2.05, 4.69) is 25.9 Å². The molecule has 0 amide bonds. The summed E-state index contributed by atoms with van der Waals surface area (Å²) in [6.07, 6.45) is 2.53. The van der Waals surface area contributed by atoms with Crippen molar-refractivity contribution in [2.75, 3.05) is 5.32 Å². The van der Waals surface area contributed by atoms with Crippen LogP contribution in [0.2, 0.25) is 0 Å². The quantitative estimate of drug-likeness (QED) is 0.218. The molecular formula is C27H25N5O6. The van der Waals surface area contributed by atoms with Crippen molar-refractivity contribution in [3.8, 4) is 17.2 Å². The van der Waals surface area contributed by atoms with E-state index < -0.39 is 28.5 Å². The molecule has 2 aromatic carbocycles. The van der Waals surface area contributed by atoms with Crippen molar-refractivity contribution in [2.45, 2.75) is 46.0 Å². The molecular weight excluding hydrogens is 490 g/mol. The second kappa shape index (κ2) is 8.94. The first-order valence-electron chi connectivity index (χ1n) is 11.9. The van der Waals surface area contributed by atoms with Crippen LogP contribution in [0.15, 0.2) is 47.4 Å². The summed E-state index contributed by atoms with van der Waals surface area (Å²) in [5.74, 6) is -1.95. The number of ether oxygens (including phenoxy) is 1. The van der Waals surface area contributed by atoms with E-state index >= 15 is 0 Å². The number of fused-ring (bicyclic) bond motifs is 3. The average Bonchev–Trinajstić information content (AvgIpc) is 3.49. The van der Waals surface area contributed by atoms with Gasteiger partial charge in [0.2, 0.25) is 0 Å². The zero-order chi connectivity index (χ0) is 27.4. The molecule has 1 aromatic heterocycles. The Morgan fingerprint density at radius 2 is 1.82 bits per heavy atom. The van der Waals surface area contributed by atoms with Crippen molar-refractivity contribution in [3.05, 3.63) is 75.4 Å². The summed E-state index contributed by atoms with van der Waals surface area (Å²) < 4.78 is 5.79. The van der Waals surface area contributed by atoms with E-state index in [9.17, 15) is 24.6 Å². The number of phenols is 2.